The van der Waals surface area contributed by atoms with E-state index < -0.39 is 6.04 Å². The summed E-state index contributed by atoms with van der Waals surface area (Å²) in [5.74, 6) is -0.208. The lowest BCUT2D eigenvalue weighted by Gasteiger charge is -2.28. The Hall–Kier alpha value is -0.900. The van der Waals surface area contributed by atoms with Gasteiger partial charge in [-0.1, -0.05) is 58.3 Å². The molecule has 2 N–H and O–H groups in total. The molecule has 0 saturated carbocycles. The molecule has 0 aromatic carbocycles. The Morgan fingerprint density at radius 1 is 1.10 bits per heavy atom. The van der Waals surface area contributed by atoms with E-state index in [2.05, 4.69) is 6.92 Å². The molecule has 0 aromatic heterocycles. The number of likely N-dealkylation sites (tertiary alicyclic amines) is 1. The van der Waals surface area contributed by atoms with Gasteiger partial charge in [0.25, 0.3) is 0 Å². The summed E-state index contributed by atoms with van der Waals surface area (Å²) in [5.41, 5.74) is 5.71. The Morgan fingerprint density at radius 3 is 2.29 bits per heavy atom. The lowest BCUT2D eigenvalue weighted by Crippen LogP contribution is -2.50. The molecule has 4 nitrogen and oxygen atoms in total. The van der Waals surface area contributed by atoms with Crippen LogP contribution in [0, 0.1) is 0 Å². The van der Waals surface area contributed by atoms with E-state index in [0.29, 0.717) is 19.4 Å². The predicted molar refractivity (Wildman–Crippen MR) is 85.8 cm³/mol. The fourth-order valence-corrected chi connectivity index (χ4v) is 2.87. The van der Waals surface area contributed by atoms with Crippen molar-refractivity contribution in [3.8, 4) is 0 Å². The van der Waals surface area contributed by atoms with Crippen molar-refractivity contribution in [3.63, 3.8) is 0 Å². The molecule has 122 valence electrons. The van der Waals surface area contributed by atoms with Crippen molar-refractivity contribution in [2.45, 2.75) is 90.0 Å². The van der Waals surface area contributed by atoms with Crippen molar-refractivity contribution in [1.82, 2.24) is 4.90 Å². The molecule has 0 radical (unpaired) electrons. The van der Waals surface area contributed by atoms with Gasteiger partial charge in [-0.15, -0.1) is 0 Å². The van der Waals surface area contributed by atoms with Crippen LogP contribution >= 0.6 is 0 Å². The summed E-state index contributed by atoms with van der Waals surface area (Å²) in [7, 11) is 0. The van der Waals surface area contributed by atoms with Gasteiger partial charge in [-0.3, -0.25) is 14.5 Å². The summed E-state index contributed by atoms with van der Waals surface area (Å²) in [4.78, 5) is 25.2. The van der Waals surface area contributed by atoms with Crippen LogP contribution in [0.2, 0.25) is 0 Å². The second kappa shape index (κ2) is 10.8. The van der Waals surface area contributed by atoms with Gasteiger partial charge in [0.1, 0.15) is 0 Å². The molecule has 0 unspecified atom stereocenters. The zero-order valence-corrected chi connectivity index (χ0v) is 13.6. The Bertz CT molecular complexity index is 318. The van der Waals surface area contributed by atoms with Crippen LogP contribution in [0.4, 0.5) is 0 Å². The lowest BCUT2D eigenvalue weighted by molar-refractivity contribution is -0.147. The second-order valence-corrected chi connectivity index (χ2v) is 6.21. The SMILES string of the molecule is CCCCCCCCCCCC(=O)N1CCC[C@H](N)C1=O. The third kappa shape index (κ3) is 7.07. The Labute approximate surface area is 129 Å². The molecule has 1 rings (SSSR count). The third-order valence-corrected chi connectivity index (χ3v) is 4.28. The van der Waals surface area contributed by atoms with E-state index in [4.69, 9.17) is 5.73 Å². The smallest absolute Gasteiger partial charge is 0.246 e. The zero-order valence-electron chi connectivity index (χ0n) is 13.6. The van der Waals surface area contributed by atoms with E-state index in [1.807, 2.05) is 0 Å². The Morgan fingerprint density at radius 2 is 1.67 bits per heavy atom. The minimum Gasteiger partial charge on any atom is -0.320 e. The predicted octanol–water partition coefficient (Wildman–Crippen LogP) is 3.38. The summed E-state index contributed by atoms with van der Waals surface area (Å²) in [5, 5.41) is 0. The molecular weight excluding hydrogens is 264 g/mol. The van der Waals surface area contributed by atoms with Crippen LogP contribution in [0.15, 0.2) is 0 Å². The minimum absolute atomic E-state index is 0.0295. The molecule has 1 aliphatic heterocycles. The maximum atomic E-state index is 12.0. The van der Waals surface area contributed by atoms with Crippen molar-refractivity contribution in [2.75, 3.05) is 6.54 Å². The normalized spacial score (nSPS) is 19.0. The molecule has 1 saturated heterocycles. The molecule has 1 fully saturated rings. The first-order valence-electron chi connectivity index (χ1n) is 8.76. The molecule has 0 bridgehead atoms. The largest absolute Gasteiger partial charge is 0.320 e. The number of carbonyl (C=O) groups is 2. The van der Waals surface area contributed by atoms with Crippen molar-refractivity contribution in [1.29, 1.82) is 0 Å². The van der Waals surface area contributed by atoms with Crippen LogP contribution in [0.1, 0.15) is 84.0 Å². The highest BCUT2D eigenvalue weighted by Crippen LogP contribution is 2.14. The molecule has 1 heterocycles. The van der Waals surface area contributed by atoms with Crippen LogP contribution < -0.4 is 5.73 Å². The van der Waals surface area contributed by atoms with Gasteiger partial charge in [-0.2, -0.15) is 0 Å². The standard InChI is InChI=1S/C17H32N2O2/c1-2-3-4-5-6-7-8-9-10-13-16(20)19-14-11-12-15(18)17(19)21/h15H,2-14,18H2,1H3/t15-/m0/s1. The number of hydrogen-bond donors (Lipinski definition) is 1. The highest BCUT2D eigenvalue weighted by molar-refractivity contribution is 5.98. The van der Waals surface area contributed by atoms with Crippen LogP contribution in [0.5, 0.6) is 0 Å². The summed E-state index contributed by atoms with van der Waals surface area (Å²) in [6.07, 6.45) is 13.2. The molecular formula is C17H32N2O2. The molecule has 1 atom stereocenters. The lowest BCUT2D eigenvalue weighted by atomic mass is 10.0. The Balaban J connectivity index is 2.02. The number of imide groups is 1. The monoisotopic (exact) mass is 296 g/mol. The van der Waals surface area contributed by atoms with Gasteiger partial charge < -0.3 is 5.73 Å². The number of nitrogens with two attached hydrogens (primary N) is 1. The fraction of sp³-hybridized carbons (Fsp3) is 0.882. The number of nitrogens with zero attached hydrogens (tertiary/aromatic N) is 1. The first-order chi connectivity index (χ1) is 10.2. The summed E-state index contributed by atoms with van der Waals surface area (Å²) in [6, 6.07) is -0.467. The summed E-state index contributed by atoms with van der Waals surface area (Å²) < 4.78 is 0. The van der Waals surface area contributed by atoms with E-state index in [0.717, 1.165) is 19.3 Å². The van der Waals surface area contributed by atoms with Crippen LogP contribution in [0.3, 0.4) is 0 Å². The number of hydrogen-bond acceptors (Lipinski definition) is 3. The number of unbranched alkanes of at least 4 members (excludes halogenated alkanes) is 8. The van der Waals surface area contributed by atoms with Crippen molar-refractivity contribution in [2.24, 2.45) is 5.73 Å². The Kier molecular flexibility index (Phi) is 9.31. The van der Waals surface area contributed by atoms with Crippen LogP contribution in [0.25, 0.3) is 0 Å². The highest BCUT2D eigenvalue weighted by atomic mass is 16.2. The van der Waals surface area contributed by atoms with Gasteiger partial charge in [0, 0.05) is 13.0 Å². The van der Waals surface area contributed by atoms with Gasteiger partial charge in [0.2, 0.25) is 11.8 Å². The van der Waals surface area contributed by atoms with E-state index in [-0.39, 0.29) is 11.8 Å². The van der Waals surface area contributed by atoms with Gasteiger partial charge in [-0.25, -0.2) is 0 Å². The van der Waals surface area contributed by atoms with Gasteiger partial charge >= 0.3 is 0 Å². The van der Waals surface area contributed by atoms with Crippen molar-refractivity contribution >= 4 is 11.8 Å². The van der Waals surface area contributed by atoms with Crippen LogP contribution in [-0.4, -0.2) is 29.3 Å². The quantitative estimate of drug-likeness (QED) is 0.629. The van der Waals surface area contributed by atoms with Crippen LogP contribution in [-0.2, 0) is 9.59 Å². The molecule has 4 heteroatoms. The minimum atomic E-state index is -0.467. The van der Waals surface area contributed by atoms with Gasteiger partial charge in [0.15, 0.2) is 0 Å². The van der Waals surface area contributed by atoms with Gasteiger partial charge in [-0.05, 0) is 19.3 Å². The molecule has 0 aromatic rings. The average molecular weight is 296 g/mol. The second-order valence-electron chi connectivity index (χ2n) is 6.21. The summed E-state index contributed by atoms with van der Waals surface area (Å²) in [6.45, 7) is 2.79. The first kappa shape index (κ1) is 18.1. The first-order valence-corrected chi connectivity index (χ1v) is 8.76. The molecule has 1 aliphatic rings. The average Bonchev–Trinajstić information content (AvgIpc) is 2.48. The van der Waals surface area contributed by atoms with Gasteiger partial charge in [0.05, 0.1) is 6.04 Å². The molecule has 21 heavy (non-hydrogen) atoms. The summed E-state index contributed by atoms with van der Waals surface area (Å²) >= 11 is 0. The van der Waals surface area contributed by atoms with E-state index in [1.165, 1.54) is 49.8 Å². The fourth-order valence-electron chi connectivity index (χ4n) is 2.87. The maximum Gasteiger partial charge on any atom is 0.246 e. The topological polar surface area (TPSA) is 63.4 Å². The third-order valence-electron chi connectivity index (χ3n) is 4.28. The highest BCUT2D eigenvalue weighted by Gasteiger charge is 2.29. The molecule has 2 amide bonds. The molecule has 0 aliphatic carbocycles. The number of amides is 2. The number of piperidine rings is 1. The van der Waals surface area contributed by atoms with E-state index >= 15 is 0 Å². The zero-order chi connectivity index (χ0) is 15.5. The van der Waals surface area contributed by atoms with E-state index in [9.17, 15) is 9.59 Å². The number of carbonyl (C=O) groups excluding carboxylic acids is 2. The van der Waals surface area contributed by atoms with Crippen molar-refractivity contribution < 1.29 is 9.59 Å². The molecule has 0 spiro atoms. The maximum absolute atomic E-state index is 12.0. The number of rotatable bonds is 10. The van der Waals surface area contributed by atoms with E-state index in [1.54, 1.807) is 0 Å². The van der Waals surface area contributed by atoms with Crippen molar-refractivity contribution in [3.05, 3.63) is 0 Å².